The Morgan fingerprint density at radius 1 is 0.451 bits per heavy atom. The van der Waals surface area contributed by atoms with Gasteiger partial charge in [0.05, 0.1) is 0 Å². The second-order valence-corrected chi connectivity index (χ2v) is 14.8. The minimum Gasteiger partial charge on any atom is -0.367 e. The van der Waals surface area contributed by atoms with E-state index in [4.69, 9.17) is 29.9 Å². The molecule has 0 aliphatic carbocycles. The topological polar surface area (TPSA) is 115 Å². The number of aromatic nitrogens is 8. The molecule has 2 N–H and O–H groups in total. The number of aromatic amines is 2. The summed E-state index contributed by atoms with van der Waals surface area (Å²) >= 11 is 0. The molecule has 8 bridgehead atoms. The van der Waals surface area contributed by atoms with Gasteiger partial charge in [-0.1, -0.05) is 80.1 Å². The highest BCUT2D eigenvalue weighted by Gasteiger charge is 2.32. The minimum atomic E-state index is 0.314. The van der Waals surface area contributed by atoms with Crippen LogP contribution in [0.3, 0.4) is 0 Å². The van der Waals surface area contributed by atoms with E-state index >= 15 is 0 Å². The monoisotopic (exact) mass is 693 g/mol. The Labute approximate surface area is 304 Å². The van der Waals surface area contributed by atoms with Crippen molar-refractivity contribution in [3.05, 3.63) is 34.4 Å². The van der Waals surface area contributed by atoms with Crippen LogP contribution in [0.5, 0.6) is 0 Å². The van der Waals surface area contributed by atoms with Crippen molar-refractivity contribution in [1.29, 1.82) is 0 Å². The number of hydrogen-bond donors (Lipinski definition) is 2. The molecule has 0 spiro atoms. The Balaban J connectivity index is 1.85. The average molecular weight is 693 g/mol. The molecule has 10 nitrogen and oxygen atoms in total. The summed E-state index contributed by atoms with van der Waals surface area (Å²) in [5, 5.41) is 0. The normalized spacial score (nSPS) is 17.8. The third-order valence-electron chi connectivity index (χ3n) is 10.9. The van der Waals surface area contributed by atoms with Gasteiger partial charge in [-0.2, -0.15) is 0 Å². The van der Waals surface area contributed by atoms with Gasteiger partial charge in [-0.25, -0.2) is 29.9 Å². The number of rotatable bonds is 12. The zero-order valence-electron chi connectivity index (χ0n) is 32.9. The third kappa shape index (κ3) is 6.83. The van der Waals surface area contributed by atoms with Crippen LogP contribution in [0.4, 0.5) is 11.4 Å². The molecule has 6 heterocycles. The van der Waals surface area contributed by atoms with Crippen LogP contribution in [0.25, 0.3) is 44.9 Å². The van der Waals surface area contributed by atoms with Gasteiger partial charge in [0.1, 0.15) is 22.7 Å². The van der Waals surface area contributed by atoms with Crippen molar-refractivity contribution in [2.75, 3.05) is 23.9 Å². The van der Waals surface area contributed by atoms with Gasteiger partial charge in [0.15, 0.2) is 34.6 Å². The molecular formula is C41H60N10. The zero-order chi connectivity index (χ0) is 36.4. The van der Waals surface area contributed by atoms with E-state index in [0.29, 0.717) is 12.1 Å². The van der Waals surface area contributed by atoms with E-state index in [0.717, 1.165) is 141 Å². The molecule has 0 fully saturated rings. The Morgan fingerprint density at radius 2 is 0.765 bits per heavy atom. The lowest BCUT2D eigenvalue weighted by molar-refractivity contribution is 0.554. The molecular weight excluding hydrogens is 633 g/mol. The molecule has 0 radical (unpaired) electrons. The second kappa shape index (κ2) is 15.7. The summed E-state index contributed by atoms with van der Waals surface area (Å²) in [6.45, 7) is 18.0. The molecule has 0 aromatic carbocycles. The van der Waals surface area contributed by atoms with Crippen LogP contribution in [0.1, 0.15) is 160 Å². The summed E-state index contributed by atoms with van der Waals surface area (Å²) < 4.78 is 0. The summed E-state index contributed by atoms with van der Waals surface area (Å²) in [6, 6.07) is 0.630. The predicted molar refractivity (Wildman–Crippen MR) is 214 cm³/mol. The predicted octanol–water partition coefficient (Wildman–Crippen LogP) is 9.87. The van der Waals surface area contributed by atoms with Gasteiger partial charge in [-0.15, -0.1) is 0 Å². The molecule has 0 saturated heterocycles. The number of aryl methyl sites for hydroxylation is 2. The van der Waals surface area contributed by atoms with Crippen LogP contribution >= 0.6 is 0 Å². The molecule has 2 atom stereocenters. The zero-order valence-corrected chi connectivity index (χ0v) is 32.9. The summed E-state index contributed by atoms with van der Waals surface area (Å²) in [5.74, 6) is 3.05. The van der Waals surface area contributed by atoms with E-state index in [1.165, 1.54) is 33.4 Å². The van der Waals surface area contributed by atoms with E-state index in [2.05, 4.69) is 89.3 Å². The Hall–Kier alpha value is -4.08. The standard InChI is InChI=1S/C41H60N10/c1-11-17-26-27(18-12-2)35-42-34(26)43-36-28(19-13-3)30(21-15-5)38(45-36)47-40-32-33(51(10)25(8)23-24(7)50(32)9)41(49-40)48-39-31(22-16-6)29(20-14-4)37(44-35)46-39/h24-25H,11-23H2,1-10H3,(H2,42,43,44,45,46,47,48,49). The lowest BCUT2D eigenvalue weighted by Gasteiger charge is -2.25. The summed E-state index contributed by atoms with van der Waals surface area (Å²) in [6.07, 6.45) is 12.5. The molecule has 3 aliphatic rings. The van der Waals surface area contributed by atoms with Gasteiger partial charge in [-0.3, -0.25) is 0 Å². The quantitative estimate of drug-likeness (QED) is 0.193. The lowest BCUT2D eigenvalue weighted by Crippen LogP contribution is -2.33. The highest BCUT2D eigenvalue weighted by Crippen LogP contribution is 2.43. The van der Waals surface area contributed by atoms with E-state index < -0.39 is 0 Å². The van der Waals surface area contributed by atoms with Gasteiger partial charge >= 0.3 is 0 Å². The fourth-order valence-corrected chi connectivity index (χ4v) is 8.17. The SMILES string of the molecule is CCCC1=C(CCC)c2nc1nc1nc(nc3[nH]c(nc4[nH]c(n2)c(CCC)c4CCC)c2c3N(C)C(C)CC(C)N2C)C(CCC)=C1CCC. The van der Waals surface area contributed by atoms with E-state index in [9.17, 15) is 0 Å². The number of nitrogens with one attached hydrogen (secondary N) is 2. The largest absolute Gasteiger partial charge is 0.367 e. The molecule has 274 valence electrons. The maximum atomic E-state index is 5.48. The molecule has 6 rings (SSSR count). The van der Waals surface area contributed by atoms with E-state index in [1.807, 2.05) is 0 Å². The van der Waals surface area contributed by atoms with E-state index in [1.54, 1.807) is 0 Å². The summed E-state index contributed by atoms with van der Waals surface area (Å²) in [5.41, 5.74) is 12.8. The molecule has 3 aliphatic heterocycles. The van der Waals surface area contributed by atoms with Crippen molar-refractivity contribution in [2.45, 2.75) is 151 Å². The smallest absolute Gasteiger partial charge is 0.160 e. The van der Waals surface area contributed by atoms with Gasteiger partial charge in [-0.05, 0) is 58.8 Å². The fourth-order valence-electron chi connectivity index (χ4n) is 8.17. The Kier molecular flexibility index (Phi) is 11.3. The minimum absolute atomic E-state index is 0.314. The molecule has 2 unspecified atom stereocenters. The first kappa shape index (κ1) is 36.7. The maximum absolute atomic E-state index is 5.48. The highest BCUT2D eigenvalue weighted by molar-refractivity contribution is 5.97. The number of H-pyrrole nitrogens is 2. The van der Waals surface area contributed by atoms with Crippen molar-refractivity contribution in [2.24, 2.45) is 0 Å². The Bertz CT molecular complexity index is 1980. The molecule has 51 heavy (non-hydrogen) atoms. The molecule has 10 heteroatoms. The first-order valence-corrected chi connectivity index (χ1v) is 19.9. The van der Waals surface area contributed by atoms with Crippen LogP contribution in [0.2, 0.25) is 0 Å². The van der Waals surface area contributed by atoms with Crippen LogP contribution in [-0.2, 0) is 12.8 Å². The fraction of sp³-hybridized carbons (Fsp3) is 0.610. The second-order valence-electron chi connectivity index (χ2n) is 14.8. The van der Waals surface area contributed by atoms with Crippen molar-refractivity contribution in [1.82, 2.24) is 39.9 Å². The van der Waals surface area contributed by atoms with Crippen molar-refractivity contribution in [3.8, 4) is 0 Å². The van der Waals surface area contributed by atoms with Gasteiger partial charge < -0.3 is 19.8 Å². The molecule has 0 saturated carbocycles. The lowest BCUT2D eigenvalue weighted by atomic mass is 10.00. The van der Waals surface area contributed by atoms with Crippen LogP contribution in [-0.4, -0.2) is 66.1 Å². The maximum Gasteiger partial charge on any atom is 0.160 e. The van der Waals surface area contributed by atoms with Crippen molar-refractivity contribution < 1.29 is 0 Å². The van der Waals surface area contributed by atoms with Crippen LogP contribution in [0, 0.1) is 0 Å². The molecule has 3 aromatic rings. The molecule has 3 aromatic heterocycles. The van der Waals surface area contributed by atoms with Gasteiger partial charge in [0.25, 0.3) is 0 Å². The number of nitrogens with zero attached hydrogens (tertiary/aromatic N) is 8. The molecule has 0 amide bonds. The average Bonchev–Trinajstić information content (AvgIpc) is 3.79. The number of fused-ring (bicyclic) bond motifs is 11. The Morgan fingerprint density at radius 3 is 1.16 bits per heavy atom. The number of hydrogen-bond acceptors (Lipinski definition) is 8. The first-order chi connectivity index (χ1) is 24.7. The number of anilines is 2. The van der Waals surface area contributed by atoms with E-state index in [-0.39, 0.29) is 0 Å². The van der Waals surface area contributed by atoms with Crippen LogP contribution < -0.4 is 9.80 Å². The van der Waals surface area contributed by atoms with Crippen molar-refractivity contribution in [3.63, 3.8) is 0 Å². The van der Waals surface area contributed by atoms with Crippen LogP contribution in [0.15, 0.2) is 0 Å². The highest BCUT2D eigenvalue weighted by atomic mass is 15.3. The summed E-state index contributed by atoms with van der Waals surface area (Å²) in [7, 11) is 4.39. The van der Waals surface area contributed by atoms with Crippen molar-refractivity contribution >= 4 is 56.3 Å². The van der Waals surface area contributed by atoms with Gasteiger partial charge in [0.2, 0.25) is 0 Å². The summed E-state index contributed by atoms with van der Waals surface area (Å²) in [4.78, 5) is 44.4. The third-order valence-corrected chi connectivity index (χ3v) is 10.9. The first-order valence-electron chi connectivity index (χ1n) is 19.9. The number of allylic oxidation sites excluding steroid dienone is 4. The van der Waals surface area contributed by atoms with Gasteiger partial charge in [0, 0.05) is 59.6 Å².